The van der Waals surface area contributed by atoms with Gasteiger partial charge in [-0.05, 0) is 68.2 Å². The number of oxime groups is 1. The van der Waals surface area contributed by atoms with Crippen LogP contribution >= 0.6 is 0 Å². The highest BCUT2D eigenvalue weighted by Crippen LogP contribution is 2.28. The zero-order chi connectivity index (χ0) is 23.3. The van der Waals surface area contributed by atoms with Crippen LogP contribution in [0.15, 0.2) is 53.8 Å². The molecule has 1 aromatic heterocycles. The number of carbonyl (C=O) groups is 1. The third-order valence-electron chi connectivity index (χ3n) is 5.01. The molecule has 1 amide bonds. The fraction of sp³-hybridized carbons (Fsp3) is 0.375. The summed E-state index contributed by atoms with van der Waals surface area (Å²) < 4.78 is 11.2. The van der Waals surface area contributed by atoms with E-state index in [1.165, 1.54) is 5.57 Å². The van der Waals surface area contributed by atoms with Crippen LogP contribution in [0, 0.1) is 5.92 Å². The Labute approximate surface area is 188 Å². The van der Waals surface area contributed by atoms with Crippen LogP contribution in [0.5, 0.6) is 5.75 Å². The highest BCUT2D eigenvalue weighted by Gasteiger charge is 2.27. The highest BCUT2D eigenvalue weighted by molar-refractivity contribution is 5.97. The summed E-state index contributed by atoms with van der Waals surface area (Å²) in [6, 6.07) is 10.9. The second kappa shape index (κ2) is 9.72. The molecule has 1 aromatic carbocycles. The number of rotatable bonds is 5. The van der Waals surface area contributed by atoms with Gasteiger partial charge in [-0.1, -0.05) is 24.2 Å². The van der Waals surface area contributed by atoms with E-state index in [1.807, 2.05) is 39.1 Å². The molecule has 0 fully saturated rings. The maximum atomic E-state index is 12.3. The Balaban J connectivity index is 1.59. The van der Waals surface area contributed by atoms with Crippen LogP contribution in [-0.4, -0.2) is 45.7 Å². The molecule has 0 aliphatic carbocycles. The molecule has 2 aromatic rings. The number of amides is 1. The van der Waals surface area contributed by atoms with Crippen molar-refractivity contribution in [1.82, 2.24) is 9.88 Å². The van der Waals surface area contributed by atoms with Gasteiger partial charge >= 0.3 is 6.09 Å². The molecule has 0 bridgehead atoms. The van der Waals surface area contributed by atoms with Crippen LogP contribution in [0.1, 0.15) is 44.5 Å². The van der Waals surface area contributed by atoms with E-state index in [0.717, 1.165) is 11.3 Å². The lowest BCUT2D eigenvalue weighted by Gasteiger charge is -2.33. The van der Waals surface area contributed by atoms with E-state index in [2.05, 4.69) is 23.1 Å². The summed E-state index contributed by atoms with van der Waals surface area (Å²) in [6.07, 6.45) is 3.62. The average molecular weight is 439 g/mol. The Hall–Kier alpha value is -3.55. The number of nitrogens with zero attached hydrogens (tertiary/aromatic N) is 3. The monoisotopic (exact) mass is 438 g/mol. The van der Waals surface area contributed by atoms with E-state index < -0.39 is 5.60 Å². The Bertz CT molecular complexity index is 992. The van der Waals surface area contributed by atoms with Gasteiger partial charge in [0.25, 0.3) is 0 Å². The molecule has 1 aliphatic heterocycles. The topological polar surface area (TPSA) is 110 Å². The van der Waals surface area contributed by atoms with Crippen molar-refractivity contribution in [3.05, 3.63) is 65.5 Å². The van der Waals surface area contributed by atoms with Crippen molar-refractivity contribution >= 4 is 17.5 Å². The lowest BCUT2D eigenvalue weighted by molar-refractivity contribution is 0.0251. The zero-order valence-electron chi connectivity index (χ0n) is 18.9. The molecule has 32 heavy (non-hydrogen) atoms. The Kier molecular flexibility index (Phi) is 7.02. The molecule has 1 atom stereocenters. The average Bonchev–Trinajstić information content (AvgIpc) is 2.76. The molecular weight excluding hydrogens is 408 g/mol. The fourth-order valence-corrected chi connectivity index (χ4v) is 3.41. The van der Waals surface area contributed by atoms with Gasteiger partial charge in [-0.15, -0.1) is 0 Å². The van der Waals surface area contributed by atoms with E-state index in [-0.39, 0.29) is 17.8 Å². The quantitative estimate of drug-likeness (QED) is 0.316. The van der Waals surface area contributed by atoms with Crippen LogP contribution in [0.3, 0.4) is 0 Å². The van der Waals surface area contributed by atoms with Gasteiger partial charge in [-0.3, -0.25) is 4.98 Å². The van der Waals surface area contributed by atoms with Crippen molar-refractivity contribution in [3.63, 3.8) is 0 Å². The number of amidine groups is 1. The minimum atomic E-state index is -0.505. The number of ether oxygens (including phenoxy) is 2. The van der Waals surface area contributed by atoms with E-state index in [9.17, 15) is 4.79 Å². The van der Waals surface area contributed by atoms with Crippen molar-refractivity contribution < 1.29 is 19.5 Å². The van der Waals surface area contributed by atoms with E-state index in [4.69, 9.17) is 20.4 Å². The summed E-state index contributed by atoms with van der Waals surface area (Å²) >= 11 is 0. The molecule has 2 heterocycles. The van der Waals surface area contributed by atoms with Crippen molar-refractivity contribution in [2.24, 2.45) is 16.8 Å². The first-order valence-corrected chi connectivity index (χ1v) is 10.5. The maximum Gasteiger partial charge on any atom is 0.410 e. The SMILES string of the molecule is CC1CN(C(=O)OC(C)(C)C)CC=C1c1ccc(COc2ccc(/C(N)=N/O)cc2)nc1. The number of hydrogen-bond acceptors (Lipinski definition) is 6. The molecule has 0 spiro atoms. The van der Waals surface area contributed by atoms with Crippen LogP contribution < -0.4 is 10.5 Å². The second-order valence-electron chi connectivity index (χ2n) is 8.78. The lowest BCUT2D eigenvalue weighted by atomic mass is 9.91. The molecule has 0 saturated carbocycles. The minimum Gasteiger partial charge on any atom is -0.487 e. The number of aromatic nitrogens is 1. The van der Waals surface area contributed by atoms with Gasteiger partial charge in [-0.2, -0.15) is 0 Å². The first-order valence-electron chi connectivity index (χ1n) is 10.5. The van der Waals surface area contributed by atoms with E-state index >= 15 is 0 Å². The Morgan fingerprint density at radius 3 is 2.53 bits per heavy atom. The van der Waals surface area contributed by atoms with Crippen LogP contribution in [0.2, 0.25) is 0 Å². The van der Waals surface area contributed by atoms with E-state index in [1.54, 1.807) is 29.2 Å². The molecule has 1 unspecified atom stereocenters. The van der Waals surface area contributed by atoms with Crippen LogP contribution in [0.25, 0.3) is 5.57 Å². The van der Waals surface area contributed by atoms with Gasteiger partial charge < -0.3 is 25.3 Å². The molecule has 170 valence electrons. The van der Waals surface area contributed by atoms with Gasteiger partial charge in [-0.25, -0.2) is 4.79 Å². The number of pyridine rings is 1. The zero-order valence-corrected chi connectivity index (χ0v) is 18.9. The molecule has 8 heteroatoms. The largest absolute Gasteiger partial charge is 0.487 e. The molecule has 3 rings (SSSR count). The third-order valence-corrected chi connectivity index (χ3v) is 5.01. The number of hydrogen-bond donors (Lipinski definition) is 2. The van der Waals surface area contributed by atoms with Gasteiger partial charge in [0.05, 0.1) is 5.69 Å². The minimum absolute atomic E-state index is 0.0502. The predicted molar refractivity (Wildman–Crippen MR) is 122 cm³/mol. The van der Waals surface area contributed by atoms with Gasteiger partial charge in [0, 0.05) is 24.8 Å². The van der Waals surface area contributed by atoms with Crippen LogP contribution in [-0.2, 0) is 11.3 Å². The highest BCUT2D eigenvalue weighted by atomic mass is 16.6. The van der Waals surface area contributed by atoms with Gasteiger partial charge in [0.1, 0.15) is 18.0 Å². The third kappa shape index (κ3) is 6.00. The van der Waals surface area contributed by atoms with Crippen LogP contribution in [0.4, 0.5) is 4.79 Å². The maximum absolute atomic E-state index is 12.3. The van der Waals surface area contributed by atoms with Crippen molar-refractivity contribution in [2.45, 2.75) is 39.9 Å². The normalized spacial score (nSPS) is 17.0. The summed E-state index contributed by atoms with van der Waals surface area (Å²) in [7, 11) is 0. The molecule has 8 nitrogen and oxygen atoms in total. The lowest BCUT2D eigenvalue weighted by Crippen LogP contribution is -2.41. The standard InChI is InChI=1S/C24H30N4O4/c1-16-14-28(23(29)32-24(2,3)4)12-11-21(16)18-5-8-19(26-13-18)15-31-20-9-6-17(7-10-20)22(25)27-30/h5-11,13,16,30H,12,14-15H2,1-4H3,(H2,25,27). The van der Waals surface area contributed by atoms with E-state index in [0.29, 0.717) is 31.0 Å². The van der Waals surface area contributed by atoms with Gasteiger partial charge in [0.2, 0.25) is 0 Å². The Morgan fingerprint density at radius 2 is 1.97 bits per heavy atom. The fourth-order valence-electron chi connectivity index (χ4n) is 3.41. The van der Waals surface area contributed by atoms with Crippen molar-refractivity contribution in [2.75, 3.05) is 13.1 Å². The summed E-state index contributed by atoms with van der Waals surface area (Å²) in [6.45, 7) is 9.14. The summed E-state index contributed by atoms with van der Waals surface area (Å²) in [5.74, 6) is 0.888. The number of benzene rings is 1. The smallest absolute Gasteiger partial charge is 0.410 e. The Morgan fingerprint density at radius 1 is 1.25 bits per heavy atom. The summed E-state index contributed by atoms with van der Waals surface area (Å²) in [5.41, 5.74) is 8.67. The molecule has 1 aliphatic rings. The van der Waals surface area contributed by atoms with Crippen molar-refractivity contribution in [1.29, 1.82) is 0 Å². The number of nitrogens with two attached hydrogens (primary N) is 1. The molecular formula is C24H30N4O4. The molecule has 0 saturated heterocycles. The first-order chi connectivity index (χ1) is 15.2. The van der Waals surface area contributed by atoms with Gasteiger partial charge in [0.15, 0.2) is 5.84 Å². The summed E-state index contributed by atoms with van der Waals surface area (Å²) in [5, 5.41) is 11.7. The molecule has 0 radical (unpaired) electrons. The second-order valence-corrected chi connectivity index (χ2v) is 8.78. The predicted octanol–water partition coefficient (Wildman–Crippen LogP) is 4.03. The molecule has 3 N–H and O–H groups in total. The van der Waals surface area contributed by atoms with Crippen molar-refractivity contribution in [3.8, 4) is 5.75 Å². The first kappa shape index (κ1) is 23.1. The summed E-state index contributed by atoms with van der Waals surface area (Å²) in [4.78, 5) is 18.6. The number of carbonyl (C=O) groups excluding carboxylic acids is 1.